The molecule has 0 aliphatic rings. The molecule has 17 heavy (non-hydrogen) atoms. The number of amides is 1. The first-order chi connectivity index (χ1) is 7.87. The molecule has 0 spiro atoms. The van der Waals surface area contributed by atoms with Crippen molar-refractivity contribution in [3.63, 3.8) is 0 Å². The summed E-state index contributed by atoms with van der Waals surface area (Å²) in [6.45, 7) is 12.1. The molecule has 0 aliphatic carbocycles. The predicted octanol–water partition coefficient (Wildman–Crippen LogP) is 1.70. The highest BCUT2D eigenvalue weighted by atomic mass is 16.5. The van der Waals surface area contributed by atoms with Gasteiger partial charge in [-0.15, -0.1) is 0 Å². The Hall–Kier alpha value is -0.610. The maximum atomic E-state index is 11.7. The lowest BCUT2D eigenvalue weighted by Gasteiger charge is -2.23. The van der Waals surface area contributed by atoms with Crippen molar-refractivity contribution in [1.29, 1.82) is 0 Å². The van der Waals surface area contributed by atoms with Crippen molar-refractivity contribution in [2.45, 2.75) is 59.0 Å². The largest absolute Gasteiger partial charge is 0.380 e. The van der Waals surface area contributed by atoms with Crippen molar-refractivity contribution >= 4 is 5.91 Å². The van der Waals surface area contributed by atoms with E-state index in [0.29, 0.717) is 13.2 Å². The standard InChI is InChI=1S/C13H28N2O2/c1-6-7-9-17-10-8-14-11(2)12(16)15-13(3,4)5/h11,14H,6-10H2,1-5H3,(H,15,16). The number of carbonyl (C=O) groups excluding carboxylic acids is 1. The molecule has 2 N–H and O–H groups in total. The highest BCUT2D eigenvalue weighted by molar-refractivity contribution is 5.81. The van der Waals surface area contributed by atoms with Gasteiger partial charge in [-0.25, -0.2) is 0 Å². The van der Waals surface area contributed by atoms with Crippen molar-refractivity contribution < 1.29 is 9.53 Å². The number of nitrogens with one attached hydrogen (secondary N) is 2. The van der Waals surface area contributed by atoms with Crippen LogP contribution >= 0.6 is 0 Å². The van der Waals surface area contributed by atoms with Gasteiger partial charge in [0.05, 0.1) is 12.6 Å². The van der Waals surface area contributed by atoms with Crippen LogP contribution in [0.4, 0.5) is 0 Å². The highest BCUT2D eigenvalue weighted by Gasteiger charge is 2.18. The van der Waals surface area contributed by atoms with Gasteiger partial charge in [0, 0.05) is 18.7 Å². The van der Waals surface area contributed by atoms with Crippen molar-refractivity contribution in [2.75, 3.05) is 19.8 Å². The molecule has 0 rings (SSSR count). The van der Waals surface area contributed by atoms with E-state index in [0.717, 1.165) is 19.4 Å². The Bertz CT molecular complexity index is 212. The van der Waals surface area contributed by atoms with Gasteiger partial charge in [0.1, 0.15) is 0 Å². The van der Waals surface area contributed by atoms with Crippen LogP contribution in [0.5, 0.6) is 0 Å². The van der Waals surface area contributed by atoms with E-state index in [1.54, 1.807) is 0 Å². The molecule has 0 radical (unpaired) electrons. The van der Waals surface area contributed by atoms with Crippen LogP contribution in [0.15, 0.2) is 0 Å². The van der Waals surface area contributed by atoms with Gasteiger partial charge in [0.25, 0.3) is 0 Å². The third-order valence-corrected chi connectivity index (χ3v) is 2.23. The summed E-state index contributed by atoms with van der Waals surface area (Å²) in [6.07, 6.45) is 2.25. The van der Waals surface area contributed by atoms with Crippen LogP contribution in [0, 0.1) is 0 Å². The van der Waals surface area contributed by atoms with Gasteiger partial charge in [-0.05, 0) is 34.1 Å². The molecular formula is C13H28N2O2. The Labute approximate surface area is 105 Å². The molecule has 0 fully saturated rings. The molecule has 0 aromatic rings. The Morgan fingerprint density at radius 1 is 1.29 bits per heavy atom. The maximum absolute atomic E-state index is 11.7. The fourth-order valence-corrected chi connectivity index (χ4v) is 1.27. The summed E-state index contributed by atoms with van der Waals surface area (Å²) in [7, 11) is 0. The molecule has 102 valence electrons. The van der Waals surface area contributed by atoms with E-state index in [9.17, 15) is 4.79 Å². The Morgan fingerprint density at radius 3 is 2.47 bits per heavy atom. The topological polar surface area (TPSA) is 50.4 Å². The van der Waals surface area contributed by atoms with E-state index in [4.69, 9.17) is 4.74 Å². The average Bonchev–Trinajstić information content (AvgIpc) is 2.20. The van der Waals surface area contributed by atoms with Crippen LogP contribution < -0.4 is 10.6 Å². The fraction of sp³-hybridized carbons (Fsp3) is 0.923. The van der Waals surface area contributed by atoms with Crippen LogP contribution in [0.3, 0.4) is 0 Å². The van der Waals surface area contributed by atoms with Gasteiger partial charge in [-0.3, -0.25) is 4.79 Å². The summed E-state index contributed by atoms with van der Waals surface area (Å²) in [5.74, 6) is 0.0334. The second-order valence-electron chi connectivity index (χ2n) is 5.38. The molecule has 1 amide bonds. The molecule has 1 unspecified atom stereocenters. The van der Waals surface area contributed by atoms with Crippen LogP contribution in [0.2, 0.25) is 0 Å². The quantitative estimate of drug-likeness (QED) is 0.639. The molecule has 0 bridgehead atoms. The fourth-order valence-electron chi connectivity index (χ4n) is 1.27. The zero-order chi connectivity index (χ0) is 13.3. The minimum atomic E-state index is -0.177. The minimum absolute atomic E-state index is 0.0334. The van der Waals surface area contributed by atoms with E-state index in [1.807, 2.05) is 27.7 Å². The SMILES string of the molecule is CCCCOCCNC(C)C(=O)NC(C)(C)C. The smallest absolute Gasteiger partial charge is 0.237 e. The highest BCUT2D eigenvalue weighted by Crippen LogP contribution is 1.99. The molecule has 4 nitrogen and oxygen atoms in total. The average molecular weight is 244 g/mol. The van der Waals surface area contributed by atoms with Gasteiger partial charge >= 0.3 is 0 Å². The number of unbranched alkanes of at least 4 members (excludes halogenated alkanes) is 1. The zero-order valence-electron chi connectivity index (χ0n) is 11.9. The summed E-state index contributed by atoms with van der Waals surface area (Å²) < 4.78 is 5.41. The van der Waals surface area contributed by atoms with Gasteiger partial charge in [-0.2, -0.15) is 0 Å². The van der Waals surface area contributed by atoms with Crippen molar-refractivity contribution in [3.05, 3.63) is 0 Å². The van der Waals surface area contributed by atoms with Crippen LogP contribution in [-0.2, 0) is 9.53 Å². The van der Waals surface area contributed by atoms with Crippen LogP contribution in [0.25, 0.3) is 0 Å². The predicted molar refractivity (Wildman–Crippen MR) is 71.1 cm³/mol. The molecule has 0 heterocycles. The molecule has 0 aliphatic heterocycles. The number of rotatable bonds is 8. The lowest BCUT2D eigenvalue weighted by Crippen LogP contribution is -2.50. The number of carbonyl (C=O) groups is 1. The normalized spacial score (nSPS) is 13.5. The van der Waals surface area contributed by atoms with Gasteiger partial charge in [-0.1, -0.05) is 13.3 Å². The number of hydrogen-bond donors (Lipinski definition) is 2. The van der Waals surface area contributed by atoms with E-state index in [2.05, 4.69) is 17.6 Å². The maximum Gasteiger partial charge on any atom is 0.237 e. The monoisotopic (exact) mass is 244 g/mol. The van der Waals surface area contributed by atoms with E-state index in [1.165, 1.54) is 0 Å². The second-order valence-corrected chi connectivity index (χ2v) is 5.38. The van der Waals surface area contributed by atoms with Crippen molar-refractivity contribution in [2.24, 2.45) is 0 Å². The first kappa shape index (κ1) is 16.4. The first-order valence-electron chi connectivity index (χ1n) is 6.50. The number of hydrogen-bond acceptors (Lipinski definition) is 3. The Balaban J connectivity index is 3.58. The minimum Gasteiger partial charge on any atom is -0.380 e. The third-order valence-electron chi connectivity index (χ3n) is 2.23. The van der Waals surface area contributed by atoms with E-state index in [-0.39, 0.29) is 17.5 Å². The number of ether oxygens (including phenoxy) is 1. The molecule has 0 saturated carbocycles. The molecule has 0 saturated heterocycles. The van der Waals surface area contributed by atoms with E-state index >= 15 is 0 Å². The van der Waals surface area contributed by atoms with E-state index < -0.39 is 0 Å². The summed E-state index contributed by atoms with van der Waals surface area (Å²) in [6, 6.07) is -0.177. The van der Waals surface area contributed by atoms with Crippen LogP contribution in [-0.4, -0.2) is 37.2 Å². The molecule has 0 aromatic carbocycles. The lowest BCUT2D eigenvalue weighted by molar-refractivity contribution is -0.124. The Kier molecular flexibility index (Phi) is 8.17. The van der Waals surface area contributed by atoms with Gasteiger partial charge in [0.2, 0.25) is 5.91 Å². The second kappa shape index (κ2) is 8.48. The van der Waals surface area contributed by atoms with Crippen molar-refractivity contribution in [1.82, 2.24) is 10.6 Å². The summed E-state index contributed by atoms with van der Waals surface area (Å²) >= 11 is 0. The summed E-state index contributed by atoms with van der Waals surface area (Å²) in [5.41, 5.74) is -0.176. The van der Waals surface area contributed by atoms with Crippen LogP contribution in [0.1, 0.15) is 47.5 Å². The molecule has 0 aromatic heterocycles. The Morgan fingerprint density at radius 2 is 1.94 bits per heavy atom. The van der Waals surface area contributed by atoms with Gasteiger partial charge < -0.3 is 15.4 Å². The van der Waals surface area contributed by atoms with Gasteiger partial charge in [0.15, 0.2) is 0 Å². The lowest BCUT2D eigenvalue weighted by atomic mass is 10.1. The molecule has 4 heteroatoms. The van der Waals surface area contributed by atoms with Crippen molar-refractivity contribution in [3.8, 4) is 0 Å². The zero-order valence-corrected chi connectivity index (χ0v) is 11.9. The summed E-state index contributed by atoms with van der Waals surface area (Å²) in [4.78, 5) is 11.7. The first-order valence-corrected chi connectivity index (χ1v) is 6.50. The summed E-state index contributed by atoms with van der Waals surface area (Å²) in [5, 5.41) is 6.08. The third kappa shape index (κ3) is 10.3. The molecule has 1 atom stereocenters. The molecular weight excluding hydrogens is 216 g/mol.